The average molecular weight is 358 g/mol. The summed E-state index contributed by atoms with van der Waals surface area (Å²) in [6.07, 6.45) is 4.93. The smallest absolute Gasteiger partial charge is 0.264 e. The van der Waals surface area contributed by atoms with Gasteiger partial charge in [0.15, 0.2) is 0 Å². The summed E-state index contributed by atoms with van der Waals surface area (Å²) in [7, 11) is 0. The molecule has 0 aromatic carbocycles. The largest absolute Gasteiger partial charge is 0.373 e. The van der Waals surface area contributed by atoms with Gasteiger partial charge >= 0.3 is 0 Å². The van der Waals surface area contributed by atoms with Crippen molar-refractivity contribution in [2.75, 3.05) is 18.5 Å². The standard InChI is InChI=1S/C15H20BrNO2S/c1-10-9-19-12(7-16)8-17(10)15(18)14-6-11-4-2-3-5-13(11)20-14/h6,10,12H,2-5,7-9H2,1H3. The van der Waals surface area contributed by atoms with Gasteiger partial charge in [0.2, 0.25) is 0 Å². The maximum Gasteiger partial charge on any atom is 0.264 e. The average Bonchev–Trinajstić information content (AvgIpc) is 2.91. The molecule has 1 aliphatic carbocycles. The fourth-order valence-electron chi connectivity index (χ4n) is 2.93. The Hall–Kier alpha value is -0.390. The van der Waals surface area contributed by atoms with Crippen LogP contribution in [0.1, 0.15) is 39.9 Å². The van der Waals surface area contributed by atoms with Gasteiger partial charge in [-0.2, -0.15) is 0 Å². The van der Waals surface area contributed by atoms with Crippen molar-refractivity contribution in [3.05, 3.63) is 21.4 Å². The lowest BCUT2D eigenvalue weighted by molar-refractivity contribution is -0.0359. The molecule has 5 heteroatoms. The van der Waals surface area contributed by atoms with E-state index in [2.05, 4.69) is 28.9 Å². The van der Waals surface area contributed by atoms with Crippen LogP contribution in [0.15, 0.2) is 6.07 Å². The maximum absolute atomic E-state index is 12.8. The molecule has 110 valence electrons. The van der Waals surface area contributed by atoms with Crippen LogP contribution in [0.4, 0.5) is 0 Å². The van der Waals surface area contributed by atoms with Crippen LogP contribution < -0.4 is 0 Å². The number of ether oxygens (including phenoxy) is 1. The predicted molar refractivity (Wildman–Crippen MR) is 85.0 cm³/mol. The highest BCUT2D eigenvalue weighted by Crippen LogP contribution is 2.31. The summed E-state index contributed by atoms with van der Waals surface area (Å²) in [6, 6.07) is 2.30. The van der Waals surface area contributed by atoms with Gasteiger partial charge < -0.3 is 9.64 Å². The minimum Gasteiger partial charge on any atom is -0.373 e. The van der Waals surface area contributed by atoms with Crippen LogP contribution in [0, 0.1) is 0 Å². The number of morpholine rings is 1. The zero-order valence-corrected chi connectivity index (χ0v) is 14.1. The van der Waals surface area contributed by atoms with E-state index in [9.17, 15) is 4.79 Å². The highest BCUT2D eigenvalue weighted by atomic mass is 79.9. The van der Waals surface area contributed by atoms with Crippen molar-refractivity contribution in [3.63, 3.8) is 0 Å². The summed E-state index contributed by atoms with van der Waals surface area (Å²) in [5.74, 6) is 0.186. The van der Waals surface area contributed by atoms with Crippen LogP contribution >= 0.6 is 27.3 Å². The van der Waals surface area contributed by atoms with Crippen molar-refractivity contribution < 1.29 is 9.53 Å². The van der Waals surface area contributed by atoms with Crippen molar-refractivity contribution in [1.82, 2.24) is 4.90 Å². The van der Waals surface area contributed by atoms with E-state index in [1.807, 2.05) is 4.90 Å². The van der Waals surface area contributed by atoms with Crippen molar-refractivity contribution in [2.24, 2.45) is 0 Å². The van der Waals surface area contributed by atoms with Crippen LogP contribution in [0.5, 0.6) is 0 Å². The van der Waals surface area contributed by atoms with Crippen molar-refractivity contribution in [2.45, 2.75) is 44.8 Å². The second-order valence-electron chi connectivity index (χ2n) is 5.68. The molecule has 1 aromatic rings. The lowest BCUT2D eigenvalue weighted by atomic mass is 9.99. The molecule has 0 radical (unpaired) electrons. The van der Waals surface area contributed by atoms with Gasteiger partial charge in [-0.1, -0.05) is 15.9 Å². The Morgan fingerprint density at radius 2 is 2.30 bits per heavy atom. The Bertz CT molecular complexity index is 479. The van der Waals surface area contributed by atoms with Crippen LogP contribution in [0.2, 0.25) is 0 Å². The number of fused-ring (bicyclic) bond motifs is 1. The third-order valence-electron chi connectivity index (χ3n) is 4.15. The molecule has 2 unspecified atom stereocenters. The molecule has 1 fully saturated rings. The van der Waals surface area contributed by atoms with E-state index in [4.69, 9.17) is 4.74 Å². The number of halogens is 1. The molecule has 1 aliphatic heterocycles. The molecular weight excluding hydrogens is 338 g/mol. The third-order valence-corrected chi connectivity index (χ3v) is 6.09. The first-order chi connectivity index (χ1) is 9.69. The zero-order chi connectivity index (χ0) is 14.1. The molecular formula is C15H20BrNO2S. The molecule has 0 spiro atoms. The first kappa shape index (κ1) is 14.5. The number of nitrogens with zero attached hydrogens (tertiary/aromatic N) is 1. The van der Waals surface area contributed by atoms with Gasteiger partial charge in [0.05, 0.1) is 23.6 Å². The Labute approximate surface area is 132 Å². The summed E-state index contributed by atoms with van der Waals surface area (Å²) in [6.45, 7) is 3.39. The van der Waals surface area contributed by atoms with Gasteiger partial charge in [-0.15, -0.1) is 11.3 Å². The second kappa shape index (κ2) is 6.16. The number of hydrogen-bond acceptors (Lipinski definition) is 3. The number of amides is 1. The number of hydrogen-bond donors (Lipinski definition) is 0. The van der Waals surface area contributed by atoms with Crippen LogP contribution in [-0.2, 0) is 17.6 Å². The number of thiophene rings is 1. The highest BCUT2D eigenvalue weighted by molar-refractivity contribution is 9.09. The Morgan fingerprint density at radius 1 is 1.50 bits per heavy atom. The predicted octanol–water partition coefficient (Wildman–Crippen LogP) is 3.25. The second-order valence-corrected chi connectivity index (χ2v) is 7.47. The monoisotopic (exact) mass is 357 g/mol. The van der Waals surface area contributed by atoms with E-state index in [1.54, 1.807) is 11.3 Å². The summed E-state index contributed by atoms with van der Waals surface area (Å²) < 4.78 is 5.70. The van der Waals surface area contributed by atoms with E-state index in [0.29, 0.717) is 13.2 Å². The fourth-order valence-corrected chi connectivity index (χ4v) is 4.53. The lowest BCUT2D eigenvalue weighted by Crippen LogP contribution is -2.51. The molecule has 20 heavy (non-hydrogen) atoms. The van der Waals surface area contributed by atoms with Gasteiger partial charge in [-0.3, -0.25) is 4.79 Å². The van der Waals surface area contributed by atoms with Crippen molar-refractivity contribution >= 4 is 33.2 Å². The molecule has 2 aliphatic rings. The topological polar surface area (TPSA) is 29.5 Å². The summed E-state index contributed by atoms with van der Waals surface area (Å²) >= 11 is 5.15. The minimum absolute atomic E-state index is 0.115. The molecule has 0 saturated carbocycles. The molecule has 0 bridgehead atoms. The van der Waals surface area contributed by atoms with Gasteiger partial charge in [-0.25, -0.2) is 0 Å². The Balaban J connectivity index is 1.78. The van der Waals surface area contributed by atoms with Gasteiger partial charge in [0.1, 0.15) is 0 Å². The van der Waals surface area contributed by atoms with Crippen LogP contribution in [0.3, 0.4) is 0 Å². The molecule has 2 atom stereocenters. The van der Waals surface area contributed by atoms with Gasteiger partial charge in [-0.05, 0) is 44.2 Å². The number of carbonyl (C=O) groups is 1. The molecule has 1 aromatic heterocycles. The Morgan fingerprint density at radius 3 is 3.05 bits per heavy atom. The number of rotatable bonds is 2. The first-order valence-electron chi connectivity index (χ1n) is 7.29. The molecule has 1 saturated heterocycles. The highest BCUT2D eigenvalue weighted by Gasteiger charge is 2.31. The quantitative estimate of drug-likeness (QED) is 0.760. The molecule has 1 amide bonds. The normalized spacial score (nSPS) is 26.4. The van der Waals surface area contributed by atoms with Crippen LogP contribution in [0.25, 0.3) is 0 Å². The van der Waals surface area contributed by atoms with Crippen LogP contribution in [-0.4, -0.2) is 41.4 Å². The zero-order valence-electron chi connectivity index (χ0n) is 11.7. The molecule has 0 N–H and O–H groups in total. The van der Waals surface area contributed by atoms with E-state index >= 15 is 0 Å². The molecule has 3 nitrogen and oxygen atoms in total. The van der Waals surface area contributed by atoms with E-state index in [0.717, 1.165) is 23.0 Å². The summed E-state index contributed by atoms with van der Waals surface area (Å²) in [5.41, 5.74) is 1.41. The molecule has 3 rings (SSSR count). The van der Waals surface area contributed by atoms with Crippen molar-refractivity contribution in [3.8, 4) is 0 Å². The minimum atomic E-state index is 0.115. The first-order valence-corrected chi connectivity index (χ1v) is 9.23. The van der Waals surface area contributed by atoms with Crippen molar-refractivity contribution in [1.29, 1.82) is 0 Å². The van der Waals surface area contributed by atoms with E-state index in [-0.39, 0.29) is 18.1 Å². The van der Waals surface area contributed by atoms with Gasteiger partial charge in [0.25, 0.3) is 5.91 Å². The lowest BCUT2D eigenvalue weighted by Gasteiger charge is -2.37. The number of alkyl halides is 1. The number of aryl methyl sites for hydroxylation is 2. The van der Waals surface area contributed by atoms with Gasteiger partial charge in [0, 0.05) is 16.8 Å². The fraction of sp³-hybridized carbons (Fsp3) is 0.667. The van der Waals surface area contributed by atoms with E-state index in [1.165, 1.54) is 23.3 Å². The SMILES string of the molecule is CC1COC(CBr)CN1C(=O)c1cc2c(s1)CCCC2. The van der Waals surface area contributed by atoms with E-state index < -0.39 is 0 Å². The maximum atomic E-state index is 12.8. The third kappa shape index (κ3) is 2.81. The number of carbonyl (C=O) groups excluding carboxylic acids is 1. The Kier molecular flexibility index (Phi) is 4.48. The summed E-state index contributed by atoms with van der Waals surface area (Å²) in [5, 5.41) is 0.782. The summed E-state index contributed by atoms with van der Waals surface area (Å²) in [4.78, 5) is 17.1. The molecule has 2 heterocycles.